The summed E-state index contributed by atoms with van der Waals surface area (Å²) >= 11 is 0. The van der Waals surface area contributed by atoms with Gasteiger partial charge in [0.2, 0.25) is 0 Å². The highest BCUT2D eigenvalue weighted by Crippen LogP contribution is 2.50. The second-order valence-electron chi connectivity index (χ2n) is 11.4. The number of carbonyl (C=O) groups excluding carboxylic acids is 2. The molecular formula is C28H33FN4O4. The molecule has 2 amide bonds. The quantitative estimate of drug-likeness (QED) is 0.639. The first-order valence-electron chi connectivity index (χ1n) is 12.6. The van der Waals surface area contributed by atoms with E-state index < -0.39 is 11.6 Å². The highest BCUT2D eigenvalue weighted by molar-refractivity contribution is 6.09. The zero-order valence-corrected chi connectivity index (χ0v) is 22.1. The summed E-state index contributed by atoms with van der Waals surface area (Å²) in [5, 5.41) is 4.19. The summed E-state index contributed by atoms with van der Waals surface area (Å²) in [6.45, 7) is 12.8. The molecule has 1 saturated heterocycles. The Kier molecular flexibility index (Phi) is 5.92. The SMILES string of the molecule is CC1C(=O)NN=C2COc3cc(-c4ccccc4F)c(C(C)C4(C)CN(C(=O)OC(C)(C)C)C4)cc3N21. The molecule has 8 nitrogen and oxygen atoms in total. The summed E-state index contributed by atoms with van der Waals surface area (Å²) in [5.41, 5.74) is 4.57. The summed E-state index contributed by atoms with van der Waals surface area (Å²) in [6.07, 6.45) is -0.334. The molecule has 5 rings (SSSR count). The van der Waals surface area contributed by atoms with Gasteiger partial charge in [-0.15, -0.1) is 0 Å². The van der Waals surface area contributed by atoms with Gasteiger partial charge in [-0.3, -0.25) is 4.79 Å². The van der Waals surface area contributed by atoms with Gasteiger partial charge in [0.15, 0.2) is 5.84 Å². The van der Waals surface area contributed by atoms with Crippen LogP contribution in [0.25, 0.3) is 11.1 Å². The molecule has 2 aromatic carbocycles. The summed E-state index contributed by atoms with van der Waals surface area (Å²) in [4.78, 5) is 28.6. The first-order valence-corrected chi connectivity index (χ1v) is 12.6. The average Bonchev–Trinajstić information content (AvgIpc) is 2.82. The second-order valence-corrected chi connectivity index (χ2v) is 11.4. The van der Waals surface area contributed by atoms with E-state index in [4.69, 9.17) is 9.47 Å². The number of amidine groups is 1. The first kappa shape index (κ1) is 25.0. The van der Waals surface area contributed by atoms with Crippen LogP contribution in [-0.4, -0.2) is 54.1 Å². The monoisotopic (exact) mass is 508 g/mol. The maximum absolute atomic E-state index is 15.1. The zero-order chi connectivity index (χ0) is 26.7. The topological polar surface area (TPSA) is 83.5 Å². The Morgan fingerprint density at radius 2 is 1.95 bits per heavy atom. The number of anilines is 1. The fraction of sp³-hybridized carbons (Fsp3) is 0.464. The van der Waals surface area contributed by atoms with Crippen LogP contribution in [0.5, 0.6) is 5.75 Å². The van der Waals surface area contributed by atoms with Gasteiger partial charge in [-0.1, -0.05) is 32.0 Å². The number of ether oxygens (including phenoxy) is 2. The highest BCUT2D eigenvalue weighted by Gasteiger charge is 2.48. The van der Waals surface area contributed by atoms with Crippen LogP contribution in [0.4, 0.5) is 14.9 Å². The number of rotatable bonds is 3. The van der Waals surface area contributed by atoms with Crippen LogP contribution >= 0.6 is 0 Å². The van der Waals surface area contributed by atoms with Gasteiger partial charge in [-0.2, -0.15) is 5.10 Å². The molecule has 0 bridgehead atoms. The number of amides is 2. The third-order valence-corrected chi connectivity index (χ3v) is 7.52. The lowest BCUT2D eigenvalue weighted by Gasteiger charge is -2.51. The van der Waals surface area contributed by atoms with Crippen molar-refractivity contribution < 1.29 is 23.5 Å². The summed E-state index contributed by atoms with van der Waals surface area (Å²) in [5.74, 6) is 0.603. The molecule has 0 saturated carbocycles. The molecule has 1 fully saturated rings. The fourth-order valence-corrected chi connectivity index (χ4v) is 5.29. The smallest absolute Gasteiger partial charge is 0.410 e. The number of benzene rings is 2. The number of hydrazone groups is 1. The second kappa shape index (κ2) is 8.75. The lowest BCUT2D eigenvalue weighted by atomic mass is 9.67. The minimum Gasteiger partial charge on any atom is -0.483 e. The number of halogens is 1. The molecule has 0 radical (unpaired) electrons. The fourth-order valence-electron chi connectivity index (χ4n) is 5.29. The van der Waals surface area contributed by atoms with E-state index in [9.17, 15) is 9.59 Å². The largest absolute Gasteiger partial charge is 0.483 e. The zero-order valence-electron chi connectivity index (χ0n) is 22.1. The Labute approximate surface area is 216 Å². The maximum Gasteiger partial charge on any atom is 0.410 e. The van der Waals surface area contributed by atoms with Crippen molar-refractivity contribution in [3.8, 4) is 16.9 Å². The van der Waals surface area contributed by atoms with E-state index in [0.717, 1.165) is 16.8 Å². The number of hydrogen-bond donors (Lipinski definition) is 1. The van der Waals surface area contributed by atoms with E-state index in [2.05, 4.69) is 24.4 Å². The summed E-state index contributed by atoms with van der Waals surface area (Å²) in [7, 11) is 0. The molecular weight excluding hydrogens is 475 g/mol. The van der Waals surface area contributed by atoms with Crippen molar-refractivity contribution in [3.63, 3.8) is 0 Å². The molecule has 196 valence electrons. The number of likely N-dealkylation sites (tertiary alicyclic amines) is 1. The molecule has 37 heavy (non-hydrogen) atoms. The van der Waals surface area contributed by atoms with E-state index in [1.54, 1.807) is 17.0 Å². The van der Waals surface area contributed by atoms with E-state index in [0.29, 0.717) is 30.2 Å². The number of nitrogens with one attached hydrogen (secondary N) is 1. The van der Waals surface area contributed by atoms with Crippen molar-refractivity contribution in [2.45, 2.75) is 59.1 Å². The highest BCUT2D eigenvalue weighted by atomic mass is 19.1. The molecule has 0 aromatic heterocycles. The molecule has 2 atom stereocenters. The van der Waals surface area contributed by atoms with Crippen LogP contribution < -0.4 is 15.1 Å². The van der Waals surface area contributed by atoms with Gasteiger partial charge in [-0.05, 0) is 62.9 Å². The third-order valence-electron chi connectivity index (χ3n) is 7.52. The molecule has 2 unspecified atom stereocenters. The van der Waals surface area contributed by atoms with Crippen molar-refractivity contribution in [2.24, 2.45) is 10.5 Å². The van der Waals surface area contributed by atoms with Crippen LogP contribution in [0.1, 0.15) is 53.0 Å². The van der Waals surface area contributed by atoms with Crippen LogP contribution in [0.15, 0.2) is 41.5 Å². The van der Waals surface area contributed by atoms with Gasteiger partial charge in [0.25, 0.3) is 5.91 Å². The van der Waals surface area contributed by atoms with Crippen LogP contribution in [0.3, 0.4) is 0 Å². The van der Waals surface area contributed by atoms with Crippen molar-refractivity contribution >= 4 is 23.5 Å². The van der Waals surface area contributed by atoms with Gasteiger partial charge in [0.1, 0.15) is 29.8 Å². The summed E-state index contributed by atoms with van der Waals surface area (Å²) in [6, 6.07) is 10.1. The lowest BCUT2D eigenvalue weighted by Crippen LogP contribution is -2.59. The Morgan fingerprint density at radius 1 is 1.24 bits per heavy atom. The predicted octanol–water partition coefficient (Wildman–Crippen LogP) is 4.88. The Bertz CT molecular complexity index is 1300. The lowest BCUT2D eigenvalue weighted by molar-refractivity contribution is -0.122. The Morgan fingerprint density at radius 3 is 2.62 bits per heavy atom. The molecule has 9 heteroatoms. The predicted molar refractivity (Wildman–Crippen MR) is 139 cm³/mol. The molecule has 3 aliphatic heterocycles. The van der Waals surface area contributed by atoms with Crippen molar-refractivity contribution in [1.82, 2.24) is 10.3 Å². The van der Waals surface area contributed by atoms with Crippen LogP contribution in [0, 0.1) is 11.2 Å². The first-order chi connectivity index (χ1) is 17.4. The van der Waals surface area contributed by atoms with Crippen LogP contribution in [-0.2, 0) is 9.53 Å². The van der Waals surface area contributed by atoms with E-state index in [-0.39, 0.29) is 35.8 Å². The summed E-state index contributed by atoms with van der Waals surface area (Å²) < 4.78 is 26.6. The van der Waals surface area contributed by atoms with Gasteiger partial charge in [-0.25, -0.2) is 14.6 Å². The molecule has 0 spiro atoms. The van der Waals surface area contributed by atoms with Crippen molar-refractivity contribution in [1.29, 1.82) is 0 Å². The van der Waals surface area contributed by atoms with E-state index >= 15 is 4.39 Å². The normalized spacial score (nSPS) is 21.0. The van der Waals surface area contributed by atoms with Gasteiger partial charge < -0.3 is 19.3 Å². The number of hydrogen-bond acceptors (Lipinski definition) is 6. The van der Waals surface area contributed by atoms with Gasteiger partial charge in [0, 0.05) is 24.1 Å². The average molecular weight is 509 g/mol. The van der Waals surface area contributed by atoms with E-state index in [1.165, 1.54) is 6.07 Å². The Hall–Kier alpha value is -3.62. The van der Waals surface area contributed by atoms with Crippen molar-refractivity contribution in [2.75, 3.05) is 24.6 Å². The molecule has 0 aliphatic carbocycles. The molecule has 3 heterocycles. The third kappa shape index (κ3) is 4.40. The number of fused-ring (bicyclic) bond motifs is 3. The minimum absolute atomic E-state index is 0.0534. The van der Waals surface area contributed by atoms with Gasteiger partial charge >= 0.3 is 6.09 Å². The van der Waals surface area contributed by atoms with Gasteiger partial charge in [0.05, 0.1) is 5.69 Å². The molecule has 3 aliphatic rings. The Balaban J connectivity index is 1.56. The molecule has 2 aromatic rings. The standard InChI is InChI=1S/C28H33FN4O4/c1-16(28(6)14-32(15-28)26(35)37-27(3,4)5)19-11-22-23(12-20(19)18-9-7-8-10-21(18)29)36-13-24-30-31-25(34)17(2)33(22)24/h7-12,16-17H,13-15H2,1-6H3,(H,31,34). The minimum atomic E-state index is -0.568. The number of carbonyl (C=O) groups is 2. The van der Waals surface area contributed by atoms with Crippen LogP contribution in [0.2, 0.25) is 0 Å². The van der Waals surface area contributed by atoms with E-state index in [1.807, 2.05) is 50.8 Å². The van der Waals surface area contributed by atoms with Crippen molar-refractivity contribution in [3.05, 3.63) is 47.8 Å². The maximum atomic E-state index is 15.1. The molecule has 1 N–H and O–H groups in total. The number of nitrogens with zero attached hydrogens (tertiary/aromatic N) is 3.